The minimum atomic E-state index is 0.901. The summed E-state index contributed by atoms with van der Waals surface area (Å²) in [4.78, 5) is 36.9. The number of aromatic nitrogens is 16. The summed E-state index contributed by atoms with van der Waals surface area (Å²) in [5.41, 5.74) is 47.7. The highest BCUT2D eigenvalue weighted by Crippen LogP contribution is 2.32. The number of hydrogen-bond acceptors (Lipinski definition) is 9. The fraction of sp³-hybridized carbons (Fsp3) is 0.128. The summed E-state index contributed by atoms with van der Waals surface area (Å²) in [6.45, 7) is 29.7. The van der Waals surface area contributed by atoms with Gasteiger partial charge >= 0.3 is 0 Å². The maximum atomic E-state index is 4.39. The van der Waals surface area contributed by atoms with Crippen molar-refractivity contribution in [1.29, 1.82) is 0 Å². The molecule has 21 rings (SSSR count). The molecule has 0 saturated carbocycles. The molecule has 0 fully saturated rings. The van der Waals surface area contributed by atoms with Crippen LogP contribution < -0.4 is 0 Å². The lowest BCUT2D eigenvalue weighted by Crippen LogP contribution is -1.85. The summed E-state index contributed by atoms with van der Waals surface area (Å²) in [6.07, 6.45) is 8.58. The number of H-pyrrole nitrogens is 7. The second-order valence-corrected chi connectivity index (χ2v) is 31.5. The number of aryl methyl sites for hydroxylation is 14. The second-order valence-electron chi connectivity index (χ2n) is 31.5. The van der Waals surface area contributed by atoms with E-state index in [1.807, 2.05) is 78.9 Å². The van der Waals surface area contributed by atoms with Gasteiger partial charge in [0.1, 0.15) is 27.6 Å². The molecule has 16 nitrogen and oxygen atoms in total. The molecular formula is C109H96N16. The van der Waals surface area contributed by atoms with E-state index in [4.69, 9.17) is 0 Å². The first kappa shape index (κ1) is 83.9. The predicted molar refractivity (Wildman–Crippen MR) is 514 cm³/mol. The zero-order valence-corrected chi connectivity index (χ0v) is 72.7. The Morgan fingerprint density at radius 1 is 0.192 bits per heavy atom. The van der Waals surface area contributed by atoms with Gasteiger partial charge in [0.15, 0.2) is 0 Å². The molecule has 0 amide bonds. The highest BCUT2D eigenvalue weighted by atomic mass is 15.3. The Bertz CT molecular complexity index is 7280. The Hall–Kier alpha value is -16.1. The monoisotopic (exact) mass is 1630 g/mol. The smallest absolute Gasteiger partial charge is 0.120 e. The Morgan fingerprint density at radius 2 is 0.504 bits per heavy atom. The maximum absolute atomic E-state index is 4.39. The van der Waals surface area contributed by atoms with Crippen LogP contribution in [0.15, 0.2) is 286 Å². The van der Waals surface area contributed by atoms with Gasteiger partial charge in [-0.15, -0.1) is 0 Å². The molecule has 125 heavy (non-hydrogen) atoms. The van der Waals surface area contributed by atoms with Crippen LogP contribution in [0.3, 0.4) is 0 Å². The highest BCUT2D eigenvalue weighted by molar-refractivity contribution is 5.93. The lowest BCUT2D eigenvalue weighted by molar-refractivity contribution is 0.959. The number of fused-ring (bicyclic) bond motifs is 7. The number of nitrogens with zero attached hydrogens (tertiary/aromatic N) is 9. The van der Waals surface area contributed by atoms with Gasteiger partial charge in [0.05, 0.1) is 86.9 Å². The molecule has 0 aliphatic heterocycles. The van der Waals surface area contributed by atoms with Gasteiger partial charge in [-0.05, 0) is 330 Å². The van der Waals surface area contributed by atoms with E-state index < -0.39 is 0 Å². The fourth-order valence-corrected chi connectivity index (χ4v) is 14.1. The Labute approximate surface area is 728 Å². The number of aromatic amines is 7. The van der Waals surface area contributed by atoms with Crippen LogP contribution in [0.4, 0.5) is 0 Å². The molecule has 0 unspecified atom stereocenters. The number of imidazole rings is 5. The number of benzene rings is 14. The van der Waals surface area contributed by atoms with Crippen LogP contribution in [0, 0.1) is 132 Å². The summed E-state index contributed by atoms with van der Waals surface area (Å²) in [5, 5.41) is 21.8. The molecule has 0 aliphatic carbocycles. The van der Waals surface area contributed by atoms with Gasteiger partial charge in [0, 0.05) is 38.9 Å². The highest BCUT2D eigenvalue weighted by Gasteiger charge is 2.12. The van der Waals surface area contributed by atoms with Crippen LogP contribution >= 0.6 is 0 Å². The molecule has 14 aromatic carbocycles. The van der Waals surface area contributed by atoms with Gasteiger partial charge in [-0.2, -0.15) is 30.8 Å². The minimum absolute atomic E-state index is 0.901. The van der Waals surface area contributed by atoms with Crippen molar-refractivity contribution < 1.29 is 0 Å². The van der Waals surface area contributed by atoms with Crippen molar-refractivity contribution in [2.75, 3.05) is 0 Å². The molecule has 0 spiro atoms. The van der Waals surface area contributed by atoms with Gasteiger partial charge in [-0.1, -0.05) is 169 Å². The van der Waals surface area contributed by atoms with E-state index in [9.17, 15) is 0 Å². The van der Waals surface area contributed by atoms with Crippen molar-refractivity contribution in [2.45, 2.75) is 96.9 Å². The van der Waals surface area contributed by atoms with E-state index in [0.717, 1.165) is 116 Å². The maximum Gasteiger partial charge on any atom is 0.120 e. The van der Waals surface area contributed by atoms with Crippen LogP contribution in [-0.4, -0.2) is 80.7 Å². The van der Waals surface area contributed by atoms with Gasteiger partial charge in [0.2, 0.25) is 0 Å². The number of para-hydroxylation sites is 3. The summed E-state index contributed by atoms with van der Waals surface area (Å²) < 4.78 is 0. The molecule has 0 aliphatic rings. The zero-order chi connectivity index (χ0) is 87.0. The number of rotatable bonds is 4. The number of nitrogens with one attached hydrogen (secondary N) is 7. The first-order chi connectivity index (χ1) is 60.7. The fourth-order valence-electron chi connectivity index (χ4n) is 14.1. The summed E-state index contributed by atoms with van der Waals surface area (Å²) in [7, 11) is 0. The second kappa shape index (κ2) is 38.5. The van der Waals surface area contributed by atoms with Crippen LogP contribution in [0.2, 0.25) is 0 Å². The van der Waals surface area contributed by atoms with Crippen LogP contribution in [-0.2, 0) is 0 Å². The van der Waals surface area contributed by atoms with E-state index in [1.165, 1.54) is 117 Å². The first-order valence-electron chi connectivity index (χ1n) is 41.5. The molecule has 0 bridgehead atoms. The Balaban J connectivity index is 0.000000113. The molecule has 7 N–H and O–H groups in total. The van der Waals surface area contributed by atoms with Crippen molar-refractivity contribution in [3.63, 3.8) is 0 Å². The Kier molecular flexibility index (Phi) is 25.9. The summed E-state index contributed by atoms with van der Waals surface area (Å²) >= 11 is 0. The van der Waals surface area contributed by atoms with Crippen molar-refractivity contribution in [3.8, 4) is 80.0 Å². The van der Waals surface area contributed by atoms with Gasteiger partial charge < -0.3 is 24.9 Å². The molecular weight excluding hydrogens is 1530 g/mol. The minimum Gasteiger partial charge on any atom is -0.345 e. The summed E-state index contributed by atoms with van der Waals surface area (Å²) in [5.74, 6) is 19.2. The lowest BCUT2D eigenvalue weighted by atomic mass is 9.99. The average Bonchev–Trinajstić information content (AvgIpc) is 1.78. The zero-order valence-electron chi connectivity index (χ0n) is 72.7. The Morgan fingerprint density at radius 3 is 0.984 bits per heavy atom. The first-order valence-corrected chi connectivity index (χ1v) is 41.5. The molecule has 21 aromatic rings. The van der Waals surface area contributed by atoms with Crippen molar-refractivity contribution in [1.82, 2.24) is 80.7 Å². The van der Waals surface area contributed by atoms with E-state index in [-0.39, 0.29) is 0 Å². The van der Waals surface area contributed by atoms with Gasteiger partial charge in [-0.3, -0.25) is 0 Å². The van der Waals surface area contributed by atoms with E-state index in [2.05, 4.69) is 389 Å². The lowest BCUT2D eigenvalue weighted by Gasteiger charge is -2.06. The normalized spacial score (nSPS) is 10.6. The van der Waals surface area contributed by atoms with Crippen molar-refractivity contribution in [2.24, 2.45) is 0 Å². The molecule has 7 heterocycles. The number of hydrogen-bond donors (Lipinski definition) is 7. The molecule has 16 heteroatoms. The van der Waals surface area contributed by atoms with E-state index >= 15 is 0 Å². The molecule has 0 saturated heterocycles. The quantitative estimate of drug-likeness (QED) is 0.0831. The van der Waals surface area contributed by atoms with Crippen LogP contribution in [0.25, 0.3) is 122 Å². The molecule has 612 valence electrons. The van der Waals surface area contributed by atoms with Gasteiger partial charge in [0.25, 0.3) is 0 Å². The largest absolute Gasteiger partial charge is 0.345 e. The third-order valence-corrected chi connectivity index (χ3v) is 22.7. The molecule has 7 aromatic heterocycles. The standard InChI is InChI=1S/3C17H14N2.2C15H14N2.2C14H13N3/c2*1-12-3-4-14(9-13(12)2)5-6-15-7-8-16-17(10-15)19-11-18-16;1-12-6-7-14(10-13(12)2)8-9-15-4-3-5-16-17(15)19-11-18-16;1-10-3-4-12(7-11(10)2)13-5-6-14-15(8-13)17-9-16-14;1-10-6-7-12(8-11(10)2)13-4-3-5-14-15(13)17-9-16-14;1-9-3-4-11(7-10(9)2)12-5-6-13-14(8-12)16-17-15-13;1-9-6-7-11(8-10(9)2)12-4-3-5-13-14(12)16-17-15-13/h2*3-4,7-11H,1-2H3,(H,18,19);3-7,10-11H,1-2H3,(H,18,19);2*3-9H,1-2H3,(H,16,17);2*3-8H,1-2H3,(H,15,16,17). The topological polar surface area (TPSA) is 227 Å². The van der Waals surface area contributed by atoms with E-state index in [1.54, 1.807) is 31.6 Å². The van der Waals surface area contributed by atoms with Crippen molar-refractivity contribution >= 4 is 77.2 Å². The van der Waals surface area contributed by atoms with E-state index in [0.29, 0.717) is 0 Å². The molecule has 0 atom stereocenters. The summed E-state index contributed by atoms with van der Waals surface area (Å²) in [6, 6.07) is 87.6. The average molecular weight is 1630 g/mol. The molecule has 0 radical (unpaired) electrons. The SMILES string of the molecule is Cc1ccc(-c2ccc3n[nH]nc3c2)cc1C.Cc1ccc(-c2ccc3nc[nH]c3c2)cc1C.Cc1ccc(-c2cccc3[nH]cnc23)cc1C.Cc1ccc(-c2cccc3n[nH]nc23)cc1C.Cc1ccc(C#Cc2ccc3nc[nH]c3c2)cc1C.Cc1ccc(C#Cc2ccc3nc[nH]c3c2)cc1C.Cc1ccc(C#Cc2cccc3[nH]cnc23)cc1C. The predicted octanol–water partition coefficient (Wildman–Crippen LogP) is 24.9. The third kappa shape index (κ3) is 20.7. The van der Waals surface area contributed by atoms with Crippen LogP contribution in [0.1, 0.15) is 111 Å². The van der Waals surface area contributed by atoms with Crippen molar-refractivity contribution in [3.05, 3.63) is 398 Å². The third-order valence-electron chi connectivity index (χ3n) is 22.7. The van der Waals surface area contributed by atoms with Gasteiger partial charge in [-0.25, -0.2) is 24.9 Å². The van der Waals surface area contributed by atoms with Crippen LogP contribution in [0.5, 0.6) is 0 Å².